The van der Waals surface area contributed by atoms with Crippen LogP contribution in [0.3, 0.4) is 0 Å². The van der Waals surface area contributed by atoms with Crippen LogP contribution in [-0.2, 0) is 9.53 Å². The first-order valence-electron chi connectivity index (χ1n) is 4.54. The maximum atomic E-state index is 10.8. The summed E-state index contributed by atoms with van der Waals surface area (Å²) in [7, 11) is 0. The number of carbonyl (C=O) groups is 1. The van der Waals surface area contributed by atoms with Gasteiger partial charge in [-0.3, -0.25) is 10.2 Å². The van der Waals surface area contributed by atoms with E-state index in [1.807, 2.05) is 6.92 Å². The minimum Gasteiger partial charge on any atom is -0.400 e. The van der Waals surface area contributed by atoms with Gasteiger partial charge < -0.3 is 16.2 Å². The second-order valence-corrected chi connectivity index (χ2v) is 3.29. The number of rotatable bonds is 3. The van der Waals surface area contributed by atoms with E-state index in [0.29, 0.717) is 17.7 Å². The van der Waals surface area contributed by atoms with Gasteiger partial charge in [0, 0.05) is 17.7 Å². The van der Waals surface area contributed by atoms with Crippen molar-refractivity contribution in [2.75, 3.05) is 6.61 Å². The Morgan fingerprint density at radius 1 is 1.71 bits per heavy atom. The highest BCUT2D eigenvalue weighted by molar-refractivity contribution is 6.43. The van der Waals surface area contributed by atoms with E-state index in [-0.39, 0.29) is 18.4 Å². The molecule has 0 radical (unpaired) electrons. The van der Waals surface area contributed by atoms with Crippen LogP contribution in [0.5, 0.6) is 0 Å². The third-order valence-electron chi connectivity index (χ3n) is 2.30. The zero-order valence-electron chi connectivity index (χ0n) is 8.17. The first-order chi connectivity index (χ1) is 6.56. The van der Waals surface area contributed by atoms with Crippen LogP contribution in [0.2, 0.25) is 0 Å². The second kappa shape index (κ2) is 4.23. The van der Waals surface area contributed by atoms with Crippen LogP contribution >= 0.6 is 0 Å². The molecule has 0 saturated heterocycles. The Hall–Kier alpha value is -1.36. The summed E-state index contributed by atoms with van der Waals surface area (Å²) in [5.41, 5.74) is 11.5. The fourth-order valence-electron chi connectivity index (χ4n) is 1.39. The van der Waals surface area contributed by atoms with Gasteiger partial charge in [-0.1, -0.05) is 6.92 Å². The van der Waals surface area contributed by atoms with Gasteiger partial charge in [0.2, 0.25) is 0 Å². The van der Waals surface area contributed by atoms with E-state index >= 15 is 0 Å². The predicted molar refractivity (Wildman–Crippen MR) is 52.8 cm³/mol. The molecule has 14 heavy (non-hydrogen) atoms. The van der Waals surface area contributed by atoms with Crippen LogP contribution in [0, 0.1) is 5.41 Å². The molecule has 1 rings (SSSR count). The lowest BCUT2D eigenvalue weighted by Gasteiger charge is -2.24. The monoisotopic (exact) mass is 197 g/mol. The largest absolute Gasteiger partial charge is 0.400 e. The lowest BCUT2D eigenvalue weighted by Crippen LogP contribution is -2.33. The van der Waals surface area contributed by atoms with Gasteiger partial charge in [0.15, 0.2) is 0 Å². The molecule has 0 saturated carbocycles. The fourth-order valence-corrected chi connectivity index (χ4v) is 1.39. The van der Waals surface area contributed by atoms with Gasteiger partial charge in [-0.15, -0.1) is 0 Å². The molecule has 1 amide bonds. The minimum absolute atomic E-state index is 0.0389. The third kappa shape index (κ3) is 2.11. The molecule has 0 aromatic heterocycles. The summed E-state index contributed by atoms with van der Waals surface area (Å²) in [6.45, 7) is 2.27. The van der Waals surface area contributed by atoms with Crippen LogP contribution < -0.4 is 11.5 Å². The second-order valence-electron chi connectivity index (χ2n) is 3.29. The third-order valence-corrected chi connectivity index (χ3v) is 2.30. The van der Waals surface area contributed by atoms with Gasteiger partial charge in [-0.05, 0) is 6.42 Å². The average Bonchev–Trinajstić information content (AvgIpc) is 2.17. The fraction of sp³-hybridized carbons (Fsp3) is 0.556. The summed E-state index contributed by atoms with van der Waals surface area (Å²) in [6.07, 6.45) is 1.38. The lowest BCUT2D eigenvalue weighted by atomic mass is 9.97. The molecule has 0 fully saturated rings. The van der Waals surface area contributed by atoms with E-state index in [4.69, 9.17) is 21.6 Å². The Morgan fingerprint density at radius 3 is 2.86 bits per heavy atom. The van der Waals surface area contributed by atoms with Gasteiger partial charge in [-0.2, -0.15) is 0 Å². The summed E-state index contributed by atoms with van der Waals surface area (Å²) in [4.78, 5) is 10.8. The molecule has 1 atom stereocenters. The molecule has 78 valence electrons. The SMILES string of the molecule is CCC1CC(C(=N)C(N)=O)=C(N)CO1. The molecule has 1 heterocycles. The van der Waals surface area contributed by atoms with E-state index in [1.165, 1.54) is 0 Å². The van der Waals surface area contributed by atoms with Crippen molar-refractivity contribution >= 4 is 11.6 Å². The van der Waals surface area contributed by atoms with E-state index in [1.54, 1.807) is 0 Å². The lowest BCUT2D eigenvalue weighted by molar-refractivity contribution is -0.112. The molecular formula is C9H15N3O2. The molecular weight excluding hydrogens is 182 g/mol. The Kier molecular flexibility index (Phi) is 3.24. The summed E-state index contributed by atoms with van der Waals surface area (Å²) >= 11 is 0. The van der Waals surface area contributed by atoms with Crippen molar-refractivity contribution in [3.05, 3.63) is 11.3 Å². The molecule has 5 nitrogen and oxygen atoms in total. The highest BCUT2D eigenvalue weighted by atomic mass is 16.5. The molecule has 0 bridgehead atoms. The van der Waals surface area contributed by atoms with E-state index in [9.17, 15) is 4.79 Å². The number of carbonyl (C=O) groups excluding carboxylic acids is 1. The van der Waals surface area contributed by atoms with Crippen LogP contribution in [0.15, 0.2) is 11.3 Å². The van der Waals surface area contributed by atoms with Crippen molar-refractivity contribution in [3.63, 3.8) is 0 Å². The first-order valence-corrected chi connectivity index (χ1v) is 4.54. The van der Waals surface area contributed by atoms with Crippen molar-refractivity contribution in [2.45, 2.75) is 25.9 Å². The molecule has 0 aromatic rings. The number of hydrogen-bond acceptors (Lipinski definition) is 4. The van der Waals surface area contributed by atoms with Crippen molar-refractivity contribution < 1.29 is 9.53 Å². The van der Waals surface area contributed by atoms with Crippen LogP contribution in [0.1, 0.15) is 19.8 Å². The van der Waals surface area contributed by atoms with Crippen molar-refractivity contribution in [1.82, 2.24) is 0 Å². The molecule has 1 aliphatic rings. The molecule has 1 aliphatic heterocycles. The average molecular weight is 197 g/mol. The summed E-state index contributed by atoms with van der Waals surface area (Å²) in [5, 5.41) is 7.47. The Balaban J connectivity index is 2.84. The van der Waals surface area contributed by atoms with Gasteiger partial charge in [-0.25, -0.2) is 0 Å². The zero-order chi connectivity index (χ0) is 10.7. The summed E-state index contributed by atoms with van der Waals surface area (Å²) in [5.74, 6) is -0.736. The van der Waals surface area contributed by atoms with Gasteiger partial charge in [0.1, 0.15) is 5.71 Å². The standard InChI is InChI=1S/C9H15N3O2/c1-2-5-3-6(7(10)4-14-5)8(11)9(12)13/h5,11H,2-4,10H2,1H3,(H2,12,13). The molecule has 5 heteroatoms. The zero-order valence-corrected chi connectivity index (χ0v) is 8.17. The van der Waals surface area contributed by atoms with E-state index in [0.717, 1.165) is 6.42 Å². The minimum atomic E-state index is -0.736. The first kappa shape index (κ1) is 10.7. The Bertz CT molecular complexity index is 296. The molecule has 1 unspecified atom stereocenters. The van der Waals surface area contributed by atoms with Crippen LogP contribution in [-0.4, -0.2) is 24.3 Å². The Morgan fingerprint density at radius 2 is 2.36 bits per heavy atom. The number of primary amides is 1. The van der Waals surface area contributed by atoms with Gasteiger partial charge in [0.05, 0.1) is 12.7 Å². The van der Waals surface area contributed by atoms with E-state index in [2.05, 4.69) is 0 Å². The smallest absolute Gasteiger partial charge is 0.266 e. The number of nitrogens with two attached hydrogens (primary N) is 2. The van der Waals surface area contributed by atoms with E-state index < -0.39 is 5.91 Å². The van der Waals surface area contributed by atoms with Gasteiger partial charge >= 0.3 is 0 Å². The topological polar surface area (TPSA) is 102 Å². The summed E-state index contributed by atoms with van der Waals surface area (Å²) < 4.78 is 5.37. The van der Waals surface area contributed by atoms with Crippen LogP contribution in [0.4, 0.5) is 0 Å². The number of amides is 1. The number of hydrogen-bond donors (Lipinski definition) is 3. The molecule has 0 aliphatic carbocycles. The highest BCUT2D eigenvalue weighted by Crippen LogP contribution is 2.20. The highest BCUT2D eigenvalue weighted by Gasteiger charge is 2.23. The number of ether oxygens (including phenoxy) is 1. The Labute approximate surface area is 82.6 Å². The maximum absolute atomic E-state index is 10.8. The van der Waals surface area contributed by atoms with Crippen molar-refractivity contribution in [3.8, 4) is 0 Å². The molecule has 0 spiro atoms. The van der Waals surface area contributed by atoms with Crippen molar-refractivity contribution in [1.29, 1.82) is 5.41 Å². The van der Waals surface area contributed by atoms with Gasteiger partial charge in [0.25, 0.3) is 5.91 Å². The summed E-state index contributed by atoms with van der Waals surface area (Å²) in [6, 6.07) is 0. The molecule has 0 aromatic carbocycles. The van der Waals surface area contributed by atoms with Crippen molar-refractivity contribution in [2.24, 2.45) is 11.5 Å². The maximum Gasteiger partial charge on any atom is 0.266 e. The molecule has 5 N–H and O–H groups in total. The van der Waals surface area contributed by atoms with Crippen LogP contribution in [0.25, 0.3) is 0 Å². The predicted octanol–water partition coefficient (Wildman–Crippen LogP) is -0.0968. The quantitative estimate of drug-likeness (QED) is 0.550. The number of nitrogens with one attached hydrogen (secondary N) is 1. The normalized spacial score (nSPS) is 22.2.